The van der Waals surface area contributed by atoms with Crippen LogP contribution in [0.1, 0.15) is 43.2 Å². The highest BCUT2D eigenvalue weighted by Crippen LogP contribution is 2.49. The van der Waals surface area contributed by atoms with Gasteiger partial charge in [0.15, 0.2) is 0 Å². The first-order chi connectivity index (χ1) is 7.63. The Morgan fingerprint density at radius 1 is 1.62 bits per heavy atom. The molecule has 0 bridgehead atoms. The summed E-state index contributed by atoms with van der Waals surface area (Å²) in [5.41, 5.74) is 1.22. The molecule has 1 aliphatic carbocycles. The van der Waals surface area contributed by atoms with E-state index in [4.69, 9.17) is 11.6 Å². The van der Waals surface area contributed by atoms with Gasteiger partial charge in [0.2, 0.25) is 0 Å². The molecule has 1 heterocycles. The van der Waals surface area contributed by atoms with E-state index >= 15 is 0 Å². The molecule has 1 nitrogen and oxygen atoms in total. The summed E-state index contributed by atoms with van der Waals surface area (Å²) in [6.45, 7) is 7.75. The van der Waals surface area contributed by atoms with Crippen LogP contribution < -0.4 is 5.32 Å². The number of hydrogen-bond donors (Lipinski definition) is 1. The molecule has 1 aromatic heterocycles. The van der Waals surface area contributed by atoms with Crippen LogP contribution in [-0.2, 0) is 0 Å². The summed E-state index contributed by atoms with van der Waals surface area (Å²) in [6.07, 6.45) is 2.55. The molecule has 3 heteroatoms. The van der Waals surface area contributed by atoms with Crippen LogP contribution in [0.2, 0.25) is 4.34 Å². The third-order valence-corrected chi connectivity index (χ3v) is 5.04. The molecule has 3 unspecified atom stereocenters. The summed E-state index contributed by atoms with van der Waals surface area (Å²) < 4.78 is 0.951. The van der Waals surface area contributed by atoms with Crippen LogP contribution in [0.3, 0.4) is 0 Å². The van der Waals surface area contributed by atoms with Crippen molar-refractivity contribution in [2.24, 2.45) is 11.8 Å². The van der Waals surface area contributed by atoms with Crippen LogP contribution in [0, 0.1) is 18.8 Å². The SMILES string of the molecule is CCCNC(c1cc(C)c(Cl)s1)C1CC1C. The van der Waals surface area contributed by atoms with Gasteiger partial charge in [0.05, 0.1) is 4.34 Å². The van der Waals surface area contributed by atoms with Gasteiger partial charge in [-0.3, -0.25) is 0 Å². The van der Waals surface area contributed by atoms with Crippen LogP contribution in [0.4, 0.5) is 0 Å². The minimum atomic E-state index is 0.533. The van der Waals surface area contributed by atoms with Gasteiger partial charge in [-0.1, -0.05) is 25.4 Å². The zero-order valence-corrected chi connectivity index (χ0v) is 11.8. The summed E-state index contributed by atoms with van der Waals surface area (Å²) in [5.74, 6) is 1.69. The quantitative estimate of drug-likeness (QED) is 0.824. The van der Waals surface area contributed by atoms with Crippen molar-refractivity contribution < 1.29 is 0 Å². The lowest BCUT2D eigenvalue weighted by molar-refractivity contribution is 0.469. The molecule has 0 aromatic carbocycles. The minimum Gasteiger partial charge on any atom is -0.309 e. The summed E-state index contributed by atoms with van der Waals surface area (Å²) >= 11 is 7.91. The lowest BCUT2D eigenvalue weighted by Gasteiger charge is -2.16. The van der Waals surface area contributed by atoms with Crippen molar-refractivity contribution in [2.45, 2.75) is 39.7 Å². The fourth-order valence-corrected chi connectivity index (χ4v) is 3.58. The maximum absolute atomic E-state index is 6.16. The summed E-state index contributed by atoms with van der Waals surface area (Å²) in [6, 6.07) is 2.79. The largest absolute Gasteiger partial charge is 0.309 e. The van der Waals surface area contributed by atoms with Crippen molar-refractivity contribution in [1.29, 1.82) is 0 Å². The number of halogens is 1. The van der Waals surface area contributed by atoms with Crippen molar-refractivity contribution in [1.82, 2.24) is 5.32 Å². The van der Waals surface area contributed by atoms with Gasteiger partial charge in [-0.15, -0.1) is 11.3 Å². The van der Waals surface area contributed by atoms with Gasteiger partial charge in [0.1, 0.15) is 0 Å². The van der Waals surface area contributed by atoms with E-state index in [-0.39, 0.29) is 0 Å². The molecule has 0 amide bonds. The van der Waals surface area contributed by atoms with Crippen LogP contribution >= 0.6 is 22.9 Å². The number of aryl methyl sites for hydroxylation is 1. The average molecular weight is 258 g/mol. The van der Waals surface area contributed by atoms with E-state index in [1.165, 1.54) is 23.3 Å². The van der Waals surface area contributed by atoms with Crippen molar-refractivity contribution >= 4 is 22.9 Å². The molecule has 1 aromatic rings. The molecule has 16 heavy (non-hydrogen) atoms. The highest BCUT2D eigenvalue weighted by atomic mass is 35.5. The second kappa shape index (κ2) is 5.07. The second-order valence-electron chi connectivity index (χ2n) is 4.91. The molecule has 0 spiro atoms. The summed E-state index contributed by atoms with van der Waals surface area (Å²) in [4.78, 5) is 1.42. The number of thiophene rings is 1. The topological polar surface area (TPSA) is 12.0 Å². The molecule has 2 rings (SSSR count). The Morgan fingerprint density at radius 2 is 2.31 bits per heavy atom. The molecule has 0 radical (unpaired) electrons. The summed E-state index contributed by atoms with van der Waals surface area (Å²) in [7, 11) is 0. The Hall–Kier alpha value is -0.0500. The van der Waals surface area contributed by atoms with E-state index in [0.29, 0.717) is 6.04 Å². The van der Waals surface area contributed by atoms with Gasteiger partial charge in [-0.25, -0.2) is 0 Å². The standard InChI is InChI=1S/C13H20ClNS/c1-4-5-15-12(10-6-8(10)2)11-7-9(3)13(14)16-11/h7-8,10,12,15H,4-6H2,1-3H3. The van der Waals surface area contributed by atoms with Crippen molar-refractivity contribution in [2.75, 3.05) is 6.54 Å². The lowest BCUT2D eigenvalue weighted by atomic mass is 10.1. The normalized spacial score (nSPS) is 25.8. The lowest BCUT2D eigenvalue weighted by Crippen LogP contribution is -2.23. The number of rotatable bonds is 5. The highest BCUT2D eigenvalue weighted by Gasteiger charge is 2.40. The van der Waals surface area contributed by atoms with Crippen molar-refractivity contribution in [3.8, 4) is 0 Å². The van der Waals surface area contributed by atoms with Crippen LogP contribution in [-0.4, -0.2) is 6.54 Å². The first-order valence-corrected chi connectivity index (χ1v) is 7.32. The number of hydrogen-bond acceptors (Lipinski definition) is 2. The Bertz CT molecular complexity index is 341. The molecular weight excluding hydrogens is 238 g/mol. The summed E-state index contributed by atoms with van der Waals surface area (Å²) in [5, 5.41) is 3.67. The maximum Gasteiger partial charge on any atom is 0.0960 e. The number of nitrogens with one attached hydrogen (secondary N) is 1. The van der Waals surface area contributed by atoms with Crippen molar-refractivity contribution in [3.05, 3.63) is 20.8 Å². The van der Waals surface area contributed by atoms with E-state index in [9.17, 15) is 0 Å². The zero-order valence-electron chi connectivity index (χ0n) is 10.2. The predicted molar refractivity (Wildman–Crippen MR) is 72.4 cm³/mol. The Morgan fingerprint density at radius 3 is 2.75 bits per heavy atom. The monoisotopic (exact) mass is 257 g/mol. The molecule has 3 atom stereocenters. The minimum absolute atomic E-state index is 0.533. The van der Waals surface area contributed by atoms with Gasteiger partial charge >= 0.3 is 0 Å². The predicted octanol–water partition coefficient (Wildman–Crippen LogP) is 4.41. The molecule has 1 aliphatic rings. The smallest absolute Gasteiger partial charge is 0.0960 e. The van der Waals surface area contributed by atoms with Gasteiger partial charge < -0.3 is 5.32 Å². The Kier molecular flexibility index (Phi) is 3.93. The van der Waals surface area contributed by atoms with Gasteiger partial charge in [0, 0.05) is 10.9 Å². The average Bonchev–Trinajstić information content (AvgIpc) is 2.86. The fraction of sp³-hybridized carbons (Fsp3) is 0.692. The molecule has 1 saturated carbocycles. The van der Waals surface area contributed by atoms with Crippen LogP contribution in [0.25, 0.3) is 0 Å². The van der Waals surface area contributed by atoms with Crippen LogP contribution in [0.5, 0.6) is 0 Å². The van der Waals surface area contributed by atoms with E-state index in [2.05, 4.69) is 32.2 Å². The van der Waals surface area contributed by atoms with E-state index in [0.717, 1.165) is 22.7 Å². The highest BCUT2D eigenvalue weighted by molar-refractivity contribution is 7.16. The first kappa shape index (κ1) is 12.4. The molecule has 1 N–H and O–H groups in total. The van der Waals surface area contributed by atoms with Gasteiger partial charge in [0.25, 0.3) is 0 Å². The van der Waals surface area contributed by atoms with Gasteiger partial charge in [-0.2, -0.15) is 0 Å². The van der Waals surface area contributed by atoms with Crippen molar-refractivity contribution in [3.63, 3.8) is 0 Å². The van der Waals surface area contributed by atoms with E-state index in [1.807, 2.05) is 0 Å². The third kappa shape index (κ3) is 2.61. The van der Waals surface area contributed by atoms with Gasteiger partial charge in [-0.05, 0) is 49.8 Å². The molecule has 0 saturated heterocycles. The molecule has 0 aliphatic heterocycles. The molecule has 1 fully saturated rings. The molecular formula is C13H20ClNS. The fourth-order valence-electron chi connectivity index (χ4n) is 2.21. The van der Waals surface area contributed by atoms with E-state index in [1.54, 1.807) is 11.3 Å². The van der Waals surface area contributed by atoms with E-state index < -0.39 is 0 Å². The van der Waals surface area contributed by atoms with Crippen LogP contribution in [0.15, 0.2) is 6.07 Å². The maximum atomic E-state index is 6.16. The Balaban J connectivity index is 2.11. The third-order valence-electron chi connectivity index (χ3n) is 3.40. The second-order valence-corrected chi connectivity index (χ2v) is 6.60. The molecule has 90 valence electrons. The zero-order chi connectivity index (χ0) is 11.7. The Labute approximate surface area is 107 Å². The first-order valence-electron chi connectivity index (χ1n) is 6.12.